The van der Waals surface area contributed by atoms with Gasteiger partial charge in [-0.3, -0.25) is 9.78 Å². The van der Waals surface area contributed by atoms with E-state index in [-0.39, 0.29) is 23.1 Å². The number of carbonyl (C=O) groups is 2. The Morgan fingerprint density at radius 2 is 1.83 bits per heavy atom. The molecule has 0 bridgehead atoms. The van der Waals surface area contributed by atoms with Crippen LogP contribution in [0.25, 0.3) is 17.0 Å². The predicted octanol–water partition coefficient (Wildman–Crippen LogP) is 4.66. The molecule has 29 heavy (non-hydrogen) atoms. The van der Waals surface area contributed by atoms with Crippen LogP contribution in [0.1, 0.15) is 26.5 Å². The molecule has 2 aromatic carbocycles. The fraction of sp³-hybridized carbons (Fsp3) is 0. The van der Waals surface area contributed by atoms with Crippen LogP contribution in [0.4, 0.5) is 0 Å². The number of fused-ring (bicyclic) bond motifs is 2. The van der Waals surface area contributed by atoms with E-state index < -0.39 is 5.97 Å². The highest BCUT2D eigenvalue weighted by Crippen LogP contribution is 2.35. The molecule has 0 amide bonds. The van der Waals surface area contributed by atoms with Gasteiger partial charge in [0.25, 0.3) is 0 Å². The second kappa shape index (κ2) is 6.76. The quantitative estimate of drug-likeness (QED) is 0.291. The molecule has 0 atom stereocenters. The van der Waals surface area contributed by atoms with Crippen LogP contribution in [0.15, 0.2) is 83.2 Å². The van der Waals surface area contributed by atoms with Crippen molar-refractivity contribution in [3.05, 3.63) is 95.7 Å². The molecule has 3 heterocycles. The molecule has 0 fully saturated rings. The summed E-state index contributed by atoms with van der Waals surface area (Å²) in [6.07, 6.45) is 4.91. The Morgan fingerprint density at radius 3 is 2.66 bits per heavy atom. The molecule has 1 aliphatic rings. The number of esters is 1. The molecule has 1 aliphatic heterocycles. The SMILES string of the molecule is O=C(Oc1ccc2c(c1)O/C(=C\c1ccncc1)C2=O)c1cc2ccccc2o1. The van der Waals surface area contributed by atoms with Gasteiger partial charge >= 0.3 is 5.97 Å². The number of aromatic nitrogens is 1. The van der Waals surface area contributed by atoms with E-state index in [0.29, 0.717) is 16.9 Å². The smallest absolute Gasteiger partial charge is 0.379 e. The standard InChI is InChI=1S/C23H13NO5/c25-22-17-6-5-16(13-19(17)29-20(22)11-14-7-9-24-10-8-14)27-23(26)21-12-15-3-1-2-4-18(15)28-21/h1-13H/b20-11-. The molecule has 0 unspecified atom stereocenters. The van der Waals surface area contributed by atoms with Gasteiger partial charge in [0.2, 0.25) is 11.5 Å². The van der Waals surface area contributed by atoms with Gasteiger partial charge in [-0.25, -0.2) is 4.79 Å². The topological polar surface area (TPSA) is 78.6 Å². The van der Waals surface area contributed by atoms with Gasteiger partial charge < -0.3 is 13.9 Å². The van der Waals surface area contributed by atoms with E-state index in [1.807, 2.05) is 18.2 Å². The van der Waals surface area contributed by atoms with Crippen molar-refractivity contribution in [2.45, 2.75) is 0 Å². The minimum atomic E-state index is -0.627. The van der Waals surface area contributed by atoms with Gasteiger partial charge in [-0.2, -0.15) is 0 Å². The molecule has 0 saturated heterocycles. The maximum Gasteiger partial charge on any atom is 0.379 e. The summed E-state index contributed by atoms with van der Waals surface area (Å²) in [5.41, 5.74) is 1.81. The predicted molar refractivity (Wildman–Crippen MR) is 105 cm³/mol. The van der Waals surface area contributed by atoms with Crippen molar-refractivity contribution in [1.82, 2.24) is 4.98 Å². The van der Waals surface area contributed by atoms with Crippen LogP contribution in [0.5, 0.6) is 11.5 Å². The number of benzene rings is 2. The summed E-state index contributed by atoms with van der Waals surface area (Å²) >= 11 is 0. The number of nitrogens with zero attached hydrogens (tertiary/aromatic N) is 1. The third kappa shape index (κ3) is 3.17. The number of allylic oxidation sites excluding steroid dienone is 1. The van der Waals surface area contributed by atoms with Crippen molar-refractivity contribution in [1.29, 1.82) is 0 Å². The number of hydrogen-bond acceptors (Lipinski definition) is 6. The molecule has 6 nitrogen and oxygen atoms in total. The lowest BCUT2D eigenvalue weighted by molar-refractivity contribution is 0.0703. The summed E-state index contributed by atoms with van der Waals surface area (Å²) in [6.45, 7) is 0. The molecular weight excluding hydrogens is 370 g/mol. The van der Waals surface area contributed by atoms with Gasteiger partial charge in [-0.15, -0.1) is 0 Å². The number of furan rings is 1. The number of rotatable bonds is 3. The fourth-order valence-electron chi connectivity index (χ4n) is 3.08. The van der Waals surface area contributed by atoms with Crippen LogP contribution in [-0.2, 0) is 0 Å². The minimum absolute atomic E-state index is 0.0990. The molecule has 0 N–H and O–H groups in total. The lowest BCUT2D eigenvalue weighted by atomic mass is 10.1. The van der Waals surface area contributed by atoms with Gasteiger partial charge in [-0.1, -0.05) is 18.2 Å². The molecule has 4 aromatic rings. The summed E-state index contributed by atoms with van der Waals surface area (Å²) in [4.78, 5) is 28.9. The zero-order valence-corrected chi connectivity index (χ0v) is 15.0. The first-order valence-corrected chi connectivity index (χ1v) is 8.86. The first-order chi connectivity index (χ1) is 14.2. The maximum absolute atomic E-state index is 12.5. The summed E-state index contributed by atoms with van der Waals surface area (Å²) in [5, 5.41) is 0.813. The molecule has 2 aromatic heterocycles. The van der Waals surface area contributed by atoms with Crippen molar-refractivity contribution >= 4 is 28.8 Å². The molecule has 6 heteroatoms. The highest BCUT2D eigenvalue weighted by atomic mass is 16.5. The van der Waals surface area contributed by atoms with E-state index in [4.69, 9.17) is 13.9 Å². The molecule has 0 saturated carbocycles. The molecule has 0 spiro atoms. The Labute approximate surface area is 165 Å². The third-order valence-corrected chi connectivity index (χ3v) is 4.48. The van der Waals surface area contributed by atoms with E-state index in [9.17, 15) is 9.59 Å². The summed E-state index contributed by atoms with van der Waals surface area (Å²) in [7, 11) is 0. The Morgan fingerprint density at radius 1 is 1.00 bits per heavy atom. The number of pyridine rings is 1. The van der Waals surface area contributed by atoms with Crippen LogP contribution < -0.4 is 9.47 Å². The molecular formula is C23H13NO5. The second-order valence-corrected chi connectivity index (χ2v) is 6.42. The first kappa shape index (κ1) is 16.9. The maximum atomic E-state index is 12.5. The summed E-state index contributed by atoms with van der Waals surface area (Å²) in [6, 6.07) is 17.1. The summed E-state index contributed by atoms with van der Waals surface area (Å²) < 4.78 is 16.6. The monoisotopic (exact) mass is 383 g/mol. The van der Waals surface area contributed by atoms with Crippen LogP contribution in [0.2, 0.25) is 0 Å². The molecule has 0 radical (unpaired) electrons. The number of ketones is 1. The third-order valence-electron chi connectivity index (χ3n) is 4.48. The van der Waals surface area contributed by atoms with Crippen molar-refractivity contribution in [2.75, 3.05) is 0 Å². The Kier molecular flexibility index (Phi) is 3.95. The fourth-order valence-corrected chi connectivity index (χ4v) is 3.08. The number of Topliss-reactive ketones (excluding diaryl/α,β-unsaturated/α-hetero) is 1. The average Bonchev–Trinajstić information content (AvgIpc) is 3.30. The van der Waals surface area contributed by atoms with Gasteiger partial charge in [0.15, 0.2) is 5.76 Å². The lowest BCUT2D eigenvalue weighted by Gasteiger charge is -2.04. The van der Waals surface area contributed by atoms with Gasteiger partial charge in [0.05, 0.1) is 5.56 Å². The Hall–Kier alpha value is -4.19. The highest BCUT2D eigenvalue weighted by Gasteiger charge is 2.28. The lowest BCUT2D eigenvalue weighted by Crippen LogP contribution is -2.07. The zero-order chi connectivity index (χ0) is 19.8. The van der Waals surface area contributed by atoms with Crippen LogP contribution >= 0.6 is 0 Å². The number of hydrogen-bond donors (Lipinski definition) is 0. The van der Waals surface area contributed by atoms with Crippen molar-refractivity contribution in [3.8, 4) is 11.5 Å². The molecule has 140 valence electrons. The average molecular weight is 383 g/mol. The highest BCUT2D eigenvalue weighted by molar-refractivity contribution is 6.14. The zero-order valence-electron chi connectivity index (χ0n) is 15.0. The van der Waals surface area contributed by atoms with E-state index >= 15 is 0 Å². The van der Waals surface area contributed by atoms with Gasteiger partial charge in [-0.05, 0) is 48.0 Å². The minimum Gasteiger partial charge on any atom is -0.452 e. The second-order valence-electron chi connectivity index (χ2n) is 6.42. The molecule has 5 rings (SSSR count). The number of carbonyl (C=O) groups excluding carboxylic acids is 2. The summed E-state index contributed by atoms with van der Waals surface area (Å²) in [5.74, 6) is 0.0382. The van der Waals surface area contributed by atoms with Crippen molar-refractivity contribution in [3.63, 3.8) is 0 Å². The first-order valence-electron chi connectivity index (χ1n) is 8.86. The van der Waals surface area contributed by atoms with E-state index in [1.165, 1.54) is 6.07 Å². The van der Waals surface area contributed by atoms with Gasteiger partial charge in [0, 0.05) is 23.8 Å². The largest absolute Gasteiger partial charge is 0.452 e. The Bertz CT molecular complexity index is 1250. The van der Waals surface area contributed by atoms with Crippen LogP contribution in [0, 0.1) is 0 Å². The normalized spacial score (nSPS) is 14.1. The van der Waals surface area contributed by atoms with E-state index in [1.54, 1.807) is 54.9 Å². The van der Waals surface area contributed by atoms with Crippen molar-refractivity contribution in [2.24, 2.45) is 0 Å². The number of ether oxygens (including phenoxy) is 2. The number of para-hydroxylation sites is 1. The van der Waals surface area contributed by atoms with E-state index in [2.05, 4.69) is 4.98 Å². The van der Waals surface area contributed by atoms with Crippen molar-refractivity contribution < 1.29 is 23.5 Å². The molecule has 0 aliphatic carbocycles. The Balaban J connectivity index is 1.38. The van der Waals surface area contributed by atoms with Crippen LogP contribution in [-0.4, -0.2) is 16.7 Å². The van der Waals surface area contributed by atoms with Crippen LogP contribution in [0.3, 0.4) is 0 Å². The van der Waals surface area contributed by atoms with Gasteiger partial charge in [0.1, 0.15) is 17.1 Å². The van der Waals surface area contributed by atoms with E-state index in [0.717, 1.165) is 10.9 Å².